The lowest BCUT2D eigenvalue weighted by Crippen LogP contribution is -2.28. The van der Waals surface area contributed by atoms with Crippen molar-refractivity contribution in [3.8, 4) is 0 Å². The molecule has 2 rings (SSSR count). The maximum atomic E-state index is 12.5. The number of rotatable bonds is 7. The molecule has 0 unspecified atom stereocenters. The van der Waals surface area contributed by atoms with Crippen LogP contribution in [0.25, 0.3) is 0 Å². The van der Waals surface area contributed by atoms with E-state index in [9.17, 15) is 9.59 Å². The fourth-order valence-electron chi connectivity index (χ4n) is 2.39. The molecule has 26 heavy (non-hydrogen) atoms. The van der Waals surface area contributed by atoms with E-state index in [4.69, 9.17) is 16.3 Å². The normalized spacial score (nSPS) is 10.3. The SMILES string of the molecule is COCCNC(=O)c1cc(NC(=O)c2ccccc2Cl)ccc1N(C)C. The lowest BCUT2D eigenvalue weighted by atomic mass is 10.1. The van der Waals surface area contributed by atoms with Gasteiger partial charge in [-0.1, -0.05) is 23.7 Å². The molecule has 0 aliphatic carbocycles. The predicted octanol–water partition coefficient (Wildman–Crippen LogP) is 3.03. The summed E-state index contributed by atoms with van der Waals surface area (Å²) >= 11 is 6.06. The Morgan fingerprint density at radius 2 is 1.81 bits per heavy atom. The molecule has 7 heteroatoms. The van der Waals surface area contributed by atoms with Gasteiger partial charge in [0.05, 0.1) is 22.8 Å². The average molecular weight is 376 g/mol. The van der Waals surface area contributed by atoms with E-state index in [1.807, 2.05) is 19.0 Å². The van der Waals surface area contributed by atoms with Crippen LogP contribution in [-0.2, 0) is 4.74 Å². The van der Waals surface area contributed by atoms with E-state index in [1.54, 1.807) is 49.6 Å². The van der Waals surface area contributed by atoms with Crippen LogP contribution in [0.3, 0.4) is 0 Å². The van der Waals surface area contributed by atoms with Crippen molar-refractivity contribution >= 4 is 34.8 Å². The number of hydrogen-bond donors (Lipinski definition) is 2. The number of nitrogens with zero attached hydrogens (tertiary/aromatic N) is 1. The van der Waals surface area contributed by atoms with E-state index in [-0.39, 0.29) is 11.8 Å². The Hall–Kier alpha value is -2.57. The monoisotopic (exact) mass is 375 g/mol. The number of carbonyl (C=O) groups is 2. The maximum absolute atomic E-state index is 12.5. The molecule has 0 bridgehead atoms. The Morgan fingerprint density at radius 1 is 1.08 bits per heavy atom. The second-order valence-electron chi connectivity index (χ2n) is 5.81. The molecule has 0 aliphatic rings. The quantitative estimate of drug-likeness (QED) is 0.730. The molecular formula is C19H22ClN3O3. The third-order valence-corrected chi connectivity index (χ3v) is 4.02. The van der Waals surface area contributed by atoms with Gasteiger partial charge in [-0.25, -0.2) is 0 Å². The summed E-state index contributed by atoms with van der Waals surface area (Å²) in [6, 6.07) is 12.0. The van der Waals surface area contributed by atoms with Gasteiger partial charge in [-0.05, 0) is 30.3 Å². The summed E-state index contributed by atoms with van der Waals surface area (Å²) in [5.74, 6) is -0.571. The van der Waals surface area contributed by atoms with Crippen molar-refractivity contribution in [2.75, 3.05) is 44.6 Å². The van der Waals surface area contributed by atoms with Crippen molar-refractivity contribution in [3.05, 3.63) is 58.6 Å². The molecule has 0 spiro atoms. The van der Waals surface area contributed by atoms with Crippen molar-refractivity contribution in [3.63, 3.8) is 0 Å². The van der Waals surface area contributed by atoms with Gasteiger partial charge >= 0.3 is 0 Å². The molecule has 6 nitrogen and oxygen atoms in total. The summed E-state index contributed by atoms with van der Waals surface area (Å²) < 4.78 is 4.95. The highest BCUT2D eigenvalue weighted by atomic mass is 35.5. The molecule has 2 aromatic rings. The molecule has 2 aromatic carbocycles. The van der Waals surface area contributed by atoms with Crippen molar-refractivity contribution in [2.24, 2.45) is 0 Å². The predicted molar refractivity (Wildman–Crippen MR) is 104 cm³/mol. The fraction of sp³-hybridized carbons (Fsp3) is 0.263. The van der Waals surface area contributed by atoms with Gasteiger partial charge in [0.15, 0.2) is 0 Å². The van der Waals surface area contributed by atoms with Crippen LogP contribution in [0.1, 0.15) is 20.7 Å². The molecule has 138 valence electrons. The van der Waals surface area contributed by atoms with Crippen molar-refractivity contribution < 1.29 is 14.3 Å². The molecule has 0 aliphatic heterocycles. The number of carbonyl (C=O) groups excluding carboxylic acids is 2. The van der Waals surface area contributed by atoms with Gasteiger partial charge in [0.1, 0.15) is 0 Å². The zero-order valence-corrected chi connectivity index (χ0v) is 15.8. The number of halogens is 1. The van der Waals surface area contributed by atoms with Crippen molar-refractivity contribution in [1.82, 2.24) is 5.32 Å². The number of methoxy groups -OCH3 is 1. The molecule has 2 N–H and O–H groups in total. The standard InChI is InChI=1S/C19H22ClN3O3/c1-23(2)17-9-8-13(12-15(17)18(24)21-10-11-26-3)22-19(25)14-6-4-5-7-16(14)20/h4-9,12H,10-11H2,1-3H3,(H,21,24)(H,22,25). The Bertz CT molecular complexity index is 793. The summed E-state index contributed by atoms with van der Waals surface area (Å²) in [4.78, 5) is 26.7. The molecule has 0 aromatic heterocycles. The van der Waals surface area contributed by atoms with E-state index < -0.39 is 0 Å². The lowest BCUT2D eigenvalue weighted by molar-refractivity contribution is 0.0936. The second-order valence-corrected chi connectivity index (χ2v) is 6.22. The van der Waals surface area contributed by atoms with Gasteiger partial charge in [0.25, 0.3) is 11.8 Å². The van der Waals surface area contributed by atoms with Crippen molar-refractivity contribution in [2.45, 2.75) is 0 Å². The van der Waals surface area contributed by atoms with Gasteiger partial charge in [0.2, 0.25) is 0 Å². The van der Waals surface area contributed by atoms with Gasteiger partial charge in [-0.3, -0.25) is 9.59 Å². The van der Waals surface area contributed by atoms with E-state index in [0.717, 1.165) is 5.69 Å². The second kappa shape index (κ2) is 9.22. The van der Waals surface area contributed by atoms with E-state index >= 15 is 0 Å². The number of hydrogen-bond acceptors (Lipinski definition) is 4. The highest BCUT2D eigenvalue weighted by molar-refractivity contribution is 6.34. The lowest BCUT2D eigenvalue weighted by Gasteiger charge is -2.18. The van der Waals surface area contributed by atoms with Crippen LogP contribution in [-0.4, -0.2) is 46.2 Å². The Kier molecular flexibility index (Phi) is 7.00. The third-order valence-electron chi connectivity index (χ3n) is 3.69. The van der Waals surface area contributed by atoms with Gasteiger partial charge < -0.3 is 20.3 Å². The zero-order chi connectivity index (χ0) is 19.1. The van der Waals surface area contributed by atoms with Crippen LogP contribution >= 0.6 is 11.6 Å². The molecule has 0 atom stereocenters. The molecule has 2 amide bonds. The van der Waals surface area contributed by atoms with Crippen LogP contribution in [0.4, 0.5) is 11.4 Å². The first-order chi connectivity index (χ1) is 12.4. The summed E-state index contributed by atoms with van der Waals surface area (Å²) in [7, 11) is 5.27. The van der Waals surface area contributed by atoms with E-state index in [2.05, 4.69) is 10.6 Å². The highest BCUT2D eigenvalue weighted by Gasteiger charge is 2.16. The minimum atomic E-state index is -0.334. The number of benzene rings is 2. The van der Waals surface area contributed by atoms with Gasteiger partial charge in [-0.15, -0.1) is 0 Å². The van der Waals surface area contributed by atoms with Crippen LogP contribution in [0.5, 0.6) is 0 Å². The first kappa shape index (κ1) is 19.8. The van der Waals surface area contributed by atoms with Crippen LogP contribution < -0.4 is 15.5 Å². The maximum Gasteiger partial charge on any atom is 0.257 e. The van der Waals surface area contributed by atoms with E-state index in [1.165, 1.54) is 0 Å². The van der Waals surface area contributed by atoms with Crippen LogP contribution in [0.15, 0.2) is 42.5 Å². The average Bonchev–Trinajstić information content (AvgIpc) is 2.61. The summed E-state index contributed by atoms with van der Waals surface area (Å²) in [5.41, 5.74) is 2.09. The smallest absolute Gasteiger partial charge is 0.257 e. The topological polar surface area (TPSA) is 70.7 Å². The zero-order valence-electron chi connectivity index (χ0n) is 15.0. The molecule has 0 heterocycles. The van der Waals surface area contributed by atoms with Crippen LogP contribution in [0, 0.1) is 0 Å². The number of ether oxygens (including phenoxy) is 1. The minimum absolute atomic E-state index is 0.236. The van der Waals surface area contributed by atoms with Gasteiger partial charge in [0, 0.05) is 39.1 Å². The Morgan fingerprint density at radius 3 is 2.46 bits per heavy atom. The largest absolute Gasteiger partial charge is 0.383 e. The molecule has 0 radical (unpaired) electrons. The number of amides is 2. The summed E-state index contributed by atoms with van der Waals surface area (Å²) in [5, 5.41) is 5.94. The Labute approximate surface area is 158 Å². The molecule has 0 fully saturated rings. The summed E-state index contributed by atoms with van der Waals surface area (Å²) in [6.45, 7) is 0.824. The first-order valence-corrected chi connectivity index (χ1v) is 8.46. The number of anilines is 2. The minimum Gasteiger partial charge on any atom is -0.383 e. The summed E-state index contributed by atoms with van der Waals surface area (Å²) in [6.07, 6.45) is 0. The Balaban J connectivity index is 2.24. The number of nitrogens with one attached hydrogen (secondary N) is 2. The van der Waals surface area contributed by atoms with Crippen LogP contribution in [0.2, 0.25) is 5.02 Å². The fourth-order valence-corrected chi connectivity index (χ4v) is 2.61. The molecule has 0 saturated carbocycles. The highest BCUT2D eigenvalue weighted by Crippen LogP contribution is 2.24. The molecular weight excluding hydrogens is 354 g/mol. The van der Waals surface area contributed by atoms with Crippen molar-refractivity contribution in [1.29, 1.82) is 0 Å². The molecule has 0 saturated heterocycles. The first-order valence-electron chi connectivity index (χ1n) is 8.08. The van der Waals surface area contributed by atoms with E-state index in [0.29, 0.717) is 35.0 Å². The third kappa shape index (κ3) is 4.97. The van der Waals surface area contributed by atoms with Gasteiger partial charge in [-0.2, -0.15) is 0 Å².